The van der Waals surface area contributed by atoms with E-state index in [1.54, 1.807) is 0 Å². The number of piperidine rings is 1. The fourth-order valence-corrected chi connectivity index (χ4v) is 3.29. The Morgan fingerprint density at radius 1 is 1.39 bits per heavy atom. The zero-order chi connectivity index (χ0) is 13.0. The monoisotopic (exact) mass is 255 g/mol. The van der Waals surface area contributed by atoms with Crippen LogP contribution in [0.4, 0.5) is 0 Å². The third-order valence-electron chi connectivity index (χ3n) is 4.29. The summed E-state index contributed by atoms with van der Waals surface area (Å²) in [5, 5.41) is 13.7. The minimum atomic E-state index is -0.0601. The van der Waals surface area contributed by atoms with Gasteiger partial charge in [-0.05, 0) is 44.1 Å². The molecule has 1 heterocycles. The molecular weight excluding hydrogens is 226 g/mol. The molecule has 4 N–H and O–H groups in total. The lowest BCUT2D eigenvalue weighted by atomic mass is 9.88. The number of hydrogen-bond donors (Lipinski definition) is 3. The fraction of sp³-hybridized carbons (Fsp3) is 1.00. The number of nitrogens with two attached hydrogens (primary N) is 1. The van der Waals surface area contributed by atoms with Gasteiger partial charge in [0.15, 0.2) is 0 Å². The molecule has 1 aliphatic carbocycles. The summed E-state index contributed by atoms with van der Waals surface area (Å²) in [5.74, 6) is 1.23. The van der Waals surface area contributed by atoms with Crippen LogP contribution in [0.3, 0.4) is 0 Å². The van der Waals surface area contributed by atoms with Crippen LogP contribution in [-0.2, 0) is 0 Å². The molecule has 1 saturated heterocycles. The molecule has 2 fully saturated rings. The van der Waals surface area contributed by atoms with Crippen molar-refractivity contribution in [2.24, 2.45) is 17.6 Å². The molecule has 0 bridgehead atoms. The second-order valence-corrected chi connectivity index (χ2v) is 6.05. The molecule has 1 aliphatic heterocycles. The third kappa shape index (κ3) is 4.19. The van der Waals surface area contributed by atoms with Crippen molar-refractivity contribution in [3.8, 4) is 0 Å². The summed E-state index contributed by atoms with van der Waals surface area (Å²) in [7, 11) is 0. The standard InChI is InChI=1S/C14H29N3O/c1-2-16-13-7-11(8-14(18)12-3-4-12)9-17(10-13)6-5-15/h11-14,16,18H,2-10,15H2,1H3. The van der Waals surface area contributed by atoms with Gasteiger partial charge in [0.1, 0.15) is 0 Å². The highest BCUT2D eigenvalue weighted by atomic mass is 16.3. The van der Waals surface area contributed by atoms with Crippen LogP contribution in [-0.4, -0.2) is 54.9 Å². The maximum absolute atomic E-state index is 10.1. The Bertz CT molecular complexity index is 231. The fourth-order valence-electron chi connectivity index (χ4n) is 3.29. The van der Waals surface area contributed by atoms with E-state index in [2.05, 4.69) is 17.1 Å². The average molecular weight is 255 g/mol. The Morgan fingerprint density at radius 2 is 2.17 bits per heavy atom. The number of hydrogen-bond acceptors (Lipinski definition) is 4. The molecule has 4 heteroatoms. The quantitative estimate of drug-likeness (QED) is 0.616. The van der Waals surface area contributed by atoms with E-state index in [1.165, 1.54) is 19.3 Å². The molecule has 0 aromatic rings. The van der Waals surface area contributed by atoms with Gasteiger partial charge in [-0.1, -0.05) is 6.92 Å². The highest BCUT2D eigenvalue weighted by Gasteiger charge is 2.34. The third-order valence-corrected chi connectivity index (χ3v) is 4.29. The van der Waals surface area contributed by atoms with Gasteiger partial charge in [-0.3, -0.25) is 0 Å². The van der Waals surface area contributed by atoms with Gasteiger partial charge in [0, 0.05) is 32.2 Å². The van der Waals surface area contributed by atoms with E-state index in [1.807, 2.05) is 0 Å². The van der Waals surface area contributed by atoms with Gasteiger partial charge in [0.25, 0.3) is 0 Å². The molecular formula is C14H29N3O. The van der Waals surface area contributed by atoms with Crippen LogP contribution in [0.5, 0.6) is 0 Å². The van der Waals surface area contributed by atoms with Gasteiger partial charge in [0.05, 0.1) is 6.10 Å². The number of aliphatic hydroxyl groups excluding tert-OH is 1. The summed E-state index contributed by atoms with van der Waals surface area (Å²) in [4.78, 5) is 2.46. The molecule has 4 nitrogen and oxygen atoms in total. The Balaban J connectivity index is 1.82. The van der Waals surface area contributed by atoms with E-state index in [9.17, 15) is 5.11 Å². The molecule has 2 rings (SSSR count). The summed E-state index contributed by atoms with van der Waals surface area (Å²) in [6.07, 6.45) is 4.59. The Labute approximate surface area is 111 Å². The van der Waals surface area contributed by atoms with Gasteiger partial charge in [0.2, 0.25) is 0 Å². The zero-order valence-corrected chi connectivity index (χ0v) is 11.6. The van der Waals surface area contributed by atoms with Gasteiger partial charge in [-0.2, -0.15) is 0 Å². The lowest BCUT2D eigenvalue weighted by molar-refractivity contribution is 0.0764. The predicted octanol–water partition coefficient (Wildman–Crippen LogP) is 0.406. The molecule has 1 saturated carbocycles. The molecule has 0 spiro atoms. The number of aliphatic hydroxyl groups is 1. The summed E-state index contributed by atoms with van der Waals surface area (Å²) in [6.45, 7) is 7.13. The number of likely N-dealkylation sites (N-methyl/N-ethyl adjacent to an activating group) is 1. The van der Waals surface area contributed by atoms with Crippen molar-refractivity contribution >= 4 is 0 Å². The molecule has 3 atom stereocenters. The Morgan fingerprint density at radius 3 is 2.78 bits per heavy atom. The maximum Gasteiger partial charge on any atom is 0.0571 e. The van der Waals surface area contributed by atoms with Crippen LogP contribution in [0.2, 0.25) is 0 Å². The van der Waals surface area contributed by atoms with E-state index in [-0.39, 0.29) is 6.10 Å². The lowest BCUT2D eigenvalue weighted by Crippen LogP contribution is -2.50. The second-order valence-electron chi connectivity index (χ2n) is 6.05. The van der Waals surface area contributed by atoms with Crippen LogP contribution in [0.1, 0.15) is 32.6 Å². The second kappa shape index (κ2) is 6.85. The molecule has 0 aromatic heterocycles. The molecule has 3 unspecified atom stereocenters. The van der Waals surface area contributed by atoms with Crippen LogP contribution in [0.15, 0.2) is 0 Å². The highest BCUT2D eigenvalue weighted by Crippen LogP contribution is 2.36. The van der Waals surface area contributed by atoms with Crippen LogP contribution < -0.4 is 11.1 Å². The van der Waals surface area contributed by atoms with E-state index in [0.29, 0.717) is 17.9 Å². The predicted molar refractivity (Wildman–Crippen MR) is 74.4 cm³/mol. The van der Waals surface area contributed by atoms with Crippen molar-refractivity contribution in [3.05, 3.63) is 0 Å². The summed E-state index contributed by atoms with van der Waals surface area (Å²) in [5.41, 5.74) is 5.67. The zero-order valence-electron chi connectivity index (χ0n) is 11.6. The number of rotatable bonds is 7. The van der Waals surface area contributed by atoms with Crippen molar-refractivity contribution in [1.29, 1.82) is 0 Å². The minimum Gasteiger partial charge on any atom is -0.393 e. The van der Waals surface area contributed by atoms with Crippen molar-refractivity contribution in [2.45, 2.75) is 44.8 Å². The molecule has 18 heavy (non-hydrogen) atoms. The minimum absolute atomic E-state index is 0.0601. The molecule has 0 amide bonds. The highest BCUT2D eigenvalue weighted by molar-refractivity contribution is 4.88. The number of nitrogens with one attached hydrogen (secondary N) is 1. The summed E-state index contributed by atoms with van der Waals surface area (Å²) in [6, 6.07) is 0.576. The summed E-state index contributed by atoms with van der Waals surface area (Å²) < 4.78 is 0. The molecule has 106 valence electrons. The van der Waals surface area contributed by atoms with E-state index < -0.39 is 0 Å². The Kier molecular flexibility index (Phi) is 5.42. The first kappa shape index (κ1) is 14.3. The maximum atomic E-state index is 10.1. The van der Waals surface area contributed by atoms with Crippen LogP contribution in [0.25, 0.3) is 0 Å². The first-order valence-corrected chi connectivity index (χ1v) is 7.56. The smallest absolute Gasteiger partial charge is 0.0571 e. The van der Waals surface area contributed by atoms with Crippen molar-refractivity contribution in [2.75, 3.05) is 32.7 Å². The SMILES string of the molecule is CCNC1CC(CC(O)C2CC2)CN(CCN)C1. The molecule has 0 radical (unpaired) electrons. The topological polar surface area (TPSA) is 61.5 Å². The summed E-state index contributed by atoms with van der Waals surface area (Å²) >= 11 is 0. The van der Waals surface area contributed by atoms with Gasteiger partial charge >= 0.3 is 0 Å². The van der Waals surface area contributed by atoms with Crippen molar-refractivity contribution < 1.29 is 5.11 Å². The van der Waals surface area contributed by atoms with Gasteiger partial charge in [-0.15, -0.1) is 0 Å². The van der Waals surface area contributed by atoms with E-state index in [0.717, 1.165) is 39.1 Å². The first-order valence-electron chi connectivity index (χ1n) is 7.56. The van der Waals surface area contributed by atoms with Crippen molar-refractivity contribution in [1.82, 2.24) is 10.2 Å². The van der Waals surface area contributed by atoms with Crippen molar-refractivity contribution in [3.63, 3.8) is 0 Å². The first-order chi connectivity index (χ1) is 8.72. The Hall–Kier alpha value is -0.160. The largest absolute Gasteiger partial charge is 0.393 e. The van der Waals surface area contributed by atoms with E-state index in [4.69, 9.17) is 5.73 Å². The lowest BCUT2D eigenvalue weighted by Gasteiger charge is -2.38. The van der Waals surface area contributed by atoms with E-state index >= 15 is 0 Å². The van der Waals surface area contributed by atoms with Crippen LogP contribution in [0, 0.1) is 11.8 Å². The number of nitrogens with zero attached hydrogens (tertiary/aromatic N) is 1. The van der Waals surface area contributed by atoms with Gasteiger partial charge in [-0.25, -0.2) is 0 Å². The molecule has 2 aliphatic rings. The molecule has 0 aromatic carbocycles. The van der Waals surface area contributed by atoms with Gasteiger partial charge < -0.3 is 21.1 Å². The number of likely N-dealkylation sites (tertiary alicyclic amines) is 1. The average Bonchev–Trinajstić information content (AvgIpc) is 3.13. The normalized spacial score (nSPS) is 31.5. The van der Waals surface area contributed by atoms with Crippen LogP contribution >= 0.6 is 0 Å².